The summed E-state index contributed by atoms with van der Waals surface area (Å²) in [4.78, 5) is 24.2. The lowest BCUT2D eigenvalue weighted by Crippen LogP contribution is -2.14. The average Bonchev–Trinajstić information content (AvgIpc) is 2.98. The van der Waals surface area contributed by atoms with Crippen LogP contribution in [0.5, 0.6) is 0 Å². The number of ketones is 1. The number of carbonyl (C=O) groups is 2. The first kappa shape index (κ1) is 17.9. The van der Waals surface area contributed by atoms with E-state index in [9.17, 15) is 9.59 Å². The van der Waals surface area contributed by atoms with Crippen LogP contribution in [0.1, 0.15) is 32.1 Å². The Labute approximate surface area is 156 Å². The predicted octanol–water partition coefficient (Wildman–Crippen LogP) is 4.18. The van der Waals surface area contributed by atoms with Gasteiger partial charge in [0.2, 0.25) is 0 Å². The number of Topliss-reactive ketones (excluding diaryl/α,β-unsaturated/α-hetero) is 1. The van der Waals surface area contributed by atoms with Crippen molar-refractivity contribution in [2.24, 2.45) is 0 Å². The molecule has 0 N–H and O–H groups in total. The van der Waals surface area contributed by atoms with Crippen LogP contribution in [0.3, 0.4) is 0 Å². The Morgan fingerprint density at radius 2 is 1.62 bits per heavy atom. The Hall–Kier alpha value is -2.92. The third-order valence-electron chi connectivity index (χ3n) is 3.86. The number of esters is 1. The molecule has 0 aliphatic carbocycles. The molecule has 0 aliphatic heterocycles. The third kappa shape index (κ3) is 4.00. The van der Waals surface area contributed by atoms with E-state index < -0.39 is 5.97 Å². The van der Waals surface area contributed by atoms with Crippen LogP contribution >= 0.6 is 11.6 Å². The van der Waals surface area contributed by atoms with Crippen LogP contribution in [0.15, 0.2) is 54.6 Å². The molecule has 2 aromatic carbocycles. The Balaban J connectivity index is 1.64. The Kier molecular flexibility index (Phi) is 5.19. The highest BCUT2D eigenvalue weighted by atomic mass is 35.5. The number of rotatable bonds is 5. The van der Waals surface area contributed by atoms with Crippen molar-refractivity contribution in [2.45, 2.75) is 13.8 Å². The molecule has 132 valence electrons. The second kappa shape index (κ2) is 7.54. The van der Waals surface area contributed by atoms with Gasteiger partial charge < -0.3 is 4.74 Å². The van der Waals surface area contributed by atoms with Crippen molar-refractivity contribution < 1.29 is 14.3 Å². The van der Waals surface area contributed by atoms with Crippen LogP contribution < -0.4 is 0 Å². The fourth-order valence-electron chi connectivity index (χ4n) is 2.56. The fourth-order valence-corrected chi connectivity index (χ4v) is 2.69. The van der Waals surface area contributed by atoms with Crippen LogP contribution in [0.25, 0.3) is 5.69 Å². The van der Waals surface area contributed by atoms with Gasteiger partial charge in [-0.3, -0.25) is 4.79 Å². The van der Waals surface area contributed by atoms with Crippen LogP contribution in [0.4, 0.5) is 0 Å². The molecule has 5 nitrogen and oxygen atoms in total. The van der Waals surface area contributed by atoms with Gasteiger partial charge in [-0.2, -0.15) is 5.10 Å². The lowest BCUT2D eigenvalue weighted by molar-refractivity contribution is 0.0475. The van der Waals surface area contributed by atoms with Crippen LogP contribution in [-0.4, -0.2) is 28.1 Å². The third-order valence-corrected chi connectivity index (χ3v) is 4.11. The number of hydrogen-bond donors (Lipinski definition) is 0. The van der Waals surface area contributed by atoms with Gasteiger partial charge in [-0.25, -0.2) is 9.48 Å². The van der Waals surface area contributed by atoms with E-state index in [1.165, 1.54) is 0 Å². The first-order chi connectivity index (χ1) is 12.4. The van der Waals surface area contributed by atoms with Crippen molar-refractivity contribution in [3.63, 3.8) is 0 Å². The van der Waals surface area contributed by atoms with Gasteiger partial charge >= 0.3 is 5.97 Å². The number of benzene rings is 2. The Morgan fingerprint density at radius 3 is 2.19 bits per heavy atom. The molecule has 0 atom stereocenters. The summed E-state index contributed by atoms with van der Waals surface area (Å²) in [5.74, 6) is -0.832. The summed E-state index contributed by atoms with van der Waals surface area (Å²) in [5, 5.41) is 4.94. The first-order valence-electron chi connectivity index (χ1n) is 8.03. The van der Waals surface area contributed by atoms with E-state index in [-0.39, 0.29) is 12.4 Å². The molecular weight excluding hydrogens is 352 g/mol. The number of ether oxygens (including phenoxy) is 1. The van der Waals surface area contributed by atoms with E-state index in [1.54, 1.807) is 53.2 Å². The largest absolute Gasteiger partial charge is 0.454 e. The summed E-state index contributed by atoms with van der Waals surface area (Å²) in [6.07, 6.45) is 0. The number of aromatic nitrogens is 2. The second-order valence-corrected chi connectivity index (χ2v) is 6.33. The lowest BCUT2D eigenvalue weighted by atomic mass is 10.1. The normalized spacial score (nSPS) is 10.6. The number of carbonyl (C=O) groups excluding carboxylic acids is 2. The molecule has 1 heterocycles. The summed E-state index contributed by atoms with van der Waals surface area (Å²) in [5.41, 5.74) is 3.60. The SMILES string of the molecule is Cc1cc(C)n(-c2ccc(C(=O)OCC(=O)c3ccc(Cl)cc3)cc2)n1. The van der Waals surface area contributed by atoms with Crippen LogP contribution in [0, 0.1) is 13.8 Å². The highest BCUT2D eigenvalue weighted by Crippen LogP contribution is 2.14. The topological polar surface area (TPSA) is 61.2 Å². The molecule has 0 saturated carbocycles. The second-order valence-electron chi connectivity index (χ2n) is 5.89. The van der Waals surface area contributed by atoms with Gasteiger partial charge in [0.05, 0.1) is 16.9 Å². The molecule has 0 spiro atoms. The van der Waals surface area contributed by atoms with E-state index in [4.69, 9.17) is 16.3 Å². The zero-order chi connectivity index (χ0) is 18.7. The highest BCUT2D eigenvalue weighted by Gasteiger charge is 2.12. The zero-order valence-corrected chi connectivity index (χ0v) is 15.2. The minimum absolute atomic E-state index is 0.283. The van der Waals surface area contributed by atoms with Crippen molar-refractivity contribution in [2.75, 3.05) is 6.61 Å². The zero-order valence-electron chi connectivity index (χ0n) is 14.4. The number of aryl methyl sites for hydroxylation is 2. The number of nitrogens with zero attached hydrogens (tertiary/aromatic N) is 2. The van der Waals surface area contributed by atoms with Crippen LogP contribution in [-0.2, 0) is 4.74 Å². The van der Waals surface area contributed by atoms with Crippen LogP contribution in [0.2, 0.25) is 5.02 Å². The summed E-state index contributed by atoms with van der Waals surface area (Å²) >= 11 is 5.79. The molecular formula is C20H17ClN2O3. The Bertz CT molecular complexity index is 944. The van der Waals surface area contributed by atoms with E-state index in [0.717, 1.165) is 17.1 Å². The minimum Gasteiger partial charge on any atom is -0.454 e. The van der Waals surface area contributed by atoms with Crippen molar-refractivity contribution in [1.82, 2.24) is 9.78 Å². The van der Waals surface area contributed by atoms with E-state index in [0.29, 0.717) is 16.1 Å². The Morgan fingerprint density at radius 1 is 1.00 bits per heavy atom. The maximum absolute atomic E-state index is 12.1. The minimum atomic E-state index is -0.549. The van der Waals surface area contributed by atoms with E-state index >= 15 is 0 Å². The smallest absolute Gasteiger partial charge is 0.338 e. The van der Waals surface area contributed by atoms with Gasteiger partial charge in [-0.05, 0) is 68.4 Å². The molecule has 3 aromatic rings. The van der Waals surface area contributed by atoms with E-state index in [1.807, 2.05) is 19.9 Å². The maximum atomic E-state index is 12.1. The first-order valence-corrected chi connectivity index (χ1v) is 8.41. The molecule has 0 amide bonds. The molecule has 0 aliphatic rings. The molecule has 26 heavy (non-hydrogen) atoms. The molecule has 0 radical (unpaired) electrons. The van der Waals surface area contributed by atoms with Gasteiger partial charge in [0.15, 0.2) is 12.4 Å². The van der Waals surface area contributed by atoms with Crippen molar-refractivity contribution in [3.05, 3.63) is 82.1 Å². The van der Waals surface area contributed by atoms with E-state index in [2.05, 4.69) is 5.10 Å². The average molecular weight is 369 g/mol. The van der Waals surface area contributed by atoms with Crippen molar-refractivity contribution in [1.29, 1.82) is 0 Å². The number of halogens is 1. The standard InChI is InChI=1S/C20H17ClN2O3/c1-13-11-14(2)23(22-13)18-9-5-16(6-10-18)20(25)26-12-19(24)15-3-7-17(21)8-4-15/h3-11H,12H2,1-2H3. The summed E-state index contributed by atoms with van der Waals surface area (Å²) < 4.78 is 6.90. The van der Waals surface area contributed by atoms with Gasteiger partial charge in [-0.15, -0.1) is 0 Å². The maximum Gasteiger partial charge on any atom is 0.338 e. The highest BCUT2D eigenvalue weighted by molar-refractivity contribution is 6.30. The van der Waals surface area contributed by atoms with Crippen molar-refractivity contribution in [3.8, 4) is 5.69 Å². The quantitative estimate of drug-likeness (QED) is 0.500. The molecule has 0 unspecified atom stereocenters. The molecule has 0 saturated heterocycles. The summed E-state index contributed by atoms with van der Waals surface area (Å²) in [6.45, 7) is 3.57. The molecule has 3 rings (SSSR count). The van der Waals surface area contributed by atoms with Gasteiger partial charge in [0.25, 0.3) is 0 Å². The fraction of sp³-hybridized carbons (Fsp3) is 0.150. The summed E-state index contributed by atoms with van der Waals surface area (Å²) in [6, 6.07) is 15.3. The summed E-state index contributed by atoms with van der Waals surface area (Å²) in [7, 11) is 0. The lowest BCUT2D eigenvalue weighted by Gasteiger charge is -2.07. The van der Waals surface area contributed by atoms with Gasteiger partial charge in [0, 0.05) is 16.3 Å². The molecule has 6 heteroatoms. The molecule has 0 fully saturated rings. The van der Waals surface area contributed by atoms with Gasteiger partial charge in [-0.1, -0.05) is 11.6 Å². The monoisotopic (exact) mass is 368 g/mol. The number of hydrogen-bond acceptors (Lipinski definition) is 4. The molecule has 0 bridgehead atoms. The molecule has 1 aromatic heterocycles. The van der Waals surface area contributed by atoms with Gasteiger partial charge in [0.1, 0.15) is 0 Å². The van der Waals surface area contributed by atoms with Crippen molar-refractivity contribution >= 4 is 23.4 Å². The predicted molar refractivity (Wildman–Crippen MR) is 99.1 cm³/mol.